The van der Waals surface area contributed by atoms with E-state index in [1.807, 2.05) is 60.7 Å². The van der Waals surface area contributed by atoms with Crippen LogP contribution in [0, 0.1) is 0 Å². The van der Waals surface area contributed by atoms with Crippen LogP contribution in [0.5, 0.6) is 0 Å². The molecule has 2 aliphatic carbocycles. The highest BCUT2D eigenvalue weighted by Gasteiger charge is 2.63. The maximum absolute atomic E-state index is 7.24. The zero-order valence-corrected chi connectivity index (χ0v) is 28.4. The molecule has 0 radical (unpaired) electrons. The number of hydrogen-bond donors (Lipinski definition) is 0. The summed E-state index contributed by atoms with van der Waals surface area (Å²) in [6.45, 7) is 8.16. The van der Waals surface area contributed by atoms with Crippen LogP contribution in [-0.4, -0.2) is 22.0 Å². The van der Waals surface area contributed by atoms with Gasteiger partial charge in [-0.25, -0.2) is 0 Å². The molecule has 0 saturated heterocycles. The van der Waals surface area contributed by atoms with Gasteiger partial charge in [0.1, 0.15) is 22.0 Å². The molecular weight excluding hydrogens is 731 g/mol. The number of halogens is 10. The monoisotopic (exact) mass is 746 g/mol. The summed E-state index contributed by atoms with van der Waals surface area (Å²) in [5.41, 5.74) is -2.17. The van der Waals surface area contributed by atoms with E-state index in [1.165, 1.54) is 0 Å². The van der Waals surface area contributed by atoms with Gasteiger partial charge in [-0.2, -0.15) is 0 Å². The lowest BCUT2D eigenvalue weighted by Gasteiger charge is -2.54. The summed E-state index contributed by atoms with van der Waals surface area (Å²) >= 11 is 68.5. The van der Waals surface area contributed by atoms with Crippen molar-refractivity contribution in [2.24, 2.45) is 0 Å². The highest BCUT2D eigenvalue weighted by atomic mass is 35.5. The summed E-state index contributed by atoms with van der Waals surface area (Å²) in [6.07, 6.45) is 3.24. The van der Waals surface area contributed by atoms with Crippen molar-refractivity contribution in [2.75, 3.05) is 0 Å². The second-order valence-corrected chi connectivity index (χ2v) is 13.2. The van der Waals surface area contributed by atoms with Crippen LogP contribution in [0.25, 0.3) is 0 Å². The molecule has 0 amide bonds. The topological polar surface area (TPSA) is 9.23 Å². The Morgan fingerprint density at radius 3 is 1.17 bits per heavy atom. The minimum absolute atomic E-state index is 0.0108. The molecule has 6 unspecified atom stereocenters. The molecular formula is C30H20Cl10O. The molecule has 0 aromatic heterocycles. The molecule has 2 aliphatic rings. The third kappa shape index (κ3) is 5.47. The number of benzene rings is 2. The Hall–Kier alpha value is -0.260. The van der Waals surface area contributed by atoms with E-state index in [4.69, 9.17) is 121 Å². The highest BCUT2D eigenvalue weighted by molar-refractivity contribution is 6.55. The molecule has 1 nitrogen and oxygen atoms in total. The van der Waals surface area contributed by atoms with Gasteiger partial charge in [0.15, 0.2) is 0 Å². The lowest BCUT2D eigenvalue weighted by molar-refractivity contribution is -0.122. The smallest absolute Gasteiger partial charge is 0.138 e. The number of allylic oxidation sites excluding steroid dienone is 4. The van der Waals surface area contributed by atoms with Crippen LogP contribution < -0.4 is 0 Å². The minimum atomic E-state index is -1.81. The van der Waals surface area contributed by atoms with Gasteiger partial charge < -0.3 is 4.74 Å². The zero-order chi connectivity index (χ0) is 30.3. The second kappa shape index (κ2) is 13.4. The average molecular weight is 751 g/mol. The van der Waals surface area contributed by atoms with Gasteiger partial charge in [-0.05, 0) is 11.1 Å². The van der Waals surface area contributed by atoms with Gasteiger partial charge in [-0.15, -0.1) is 36.4 Å². The highest BCUT2D eigenvalue weighted by Crippen LogP contribution is 2.62. The van der Waals surface area contributed by atoms with Gasteiger partial charge in [0, 0.05) is 11.8 Å². The molecule has 2 aromatic rings. The molecule has 0 saturated carbocycles. The third-order valence-electron chi connectivity index (χ3n) is 7.12. The maximum Gasteiger partial charge on any atom is 0.138 e. The first-order chi connectivity index (χ1) is 19.4. The fourth-order valence-corrected chi connectivity index (χ4v) is 8.55. The molecule has 0 fully saturated rings. The van der Waals surface area contributed by atoms with Gasteiger partial charge >= 0.3 is 0 Å². The standard InChI is InChI=1S/C30H20Cl10O/c1-3-17(15-11-7-5-8-12-15)29(25(37)21(33)19(31)22(34)26(29)38)41-30(18(4-2)16-13-9-6-10-14-16)27(39)23(35)20(32)24(36)28(30)40/h3-14,17-18,25,27H,1-2H2. The van der Waals surface area contributed by atoms with Gasteiger partial charge in [0.25, 0.3) is 0 Å². The summed E-state index contributed by atoms with van der Waals surface area (Å²) < 4.78 is 7.24. The van der Waals surface area contributed by atoms with Crippen molar-refractivity contribution in [3.63, 3.8) is 0 Å². The summed E-state index contributed by atoms with van der Waals surface area (Å²) in [4.78, 5) is 0. The first-order valence-electron chi connectivity index (χ1n) is 12.0. The zero-order valence-electron chi connectivity index (χ0n) is 20.8. The number of ether oxygens (including phenoxy) is 1. The fraction of sp³-hybridized carbons (Fsp3) is 0.200. The minimum Gasteiger partial charge on any atom is -0.351 e. The Morgan fingerprint density at radius 1 is 0.561 bits per heavy atom. The van der Waals surface area contributed by atoms with Crippen LogP contribution >= 0.6 is 116 Å². The molecule has 0 bridgehead atoms. The van der Waals surface area contributed by atoms with Crippen LogP contribution in [-0.2, 0) is 4.74 Å². The first-order valence-corrected chi connectivity index (χ1v) is 15.9. The molecule has 2 aromatic carbocycles. The van der Waals surface area contributed by atoms with Crippen LogP contribution in [0.2, 0.25) is 0 Å². The van der Waals surface area contributed by atoms with E-state index >= 15 is 0 Å². The Labute approximate surface area is 289 Å². The normalized spacial score (nSPS) is 28.6. The van der Waals surface area contributed by atoms with Crippen molar-refractivity contribution in [2.45, 2.75) is 33.8 Å². The van der Waals surface area contributed by atoms with E-state index in [0.29, 0.717) is 0 Å². The van der Waals surface area contributed by atoms with Crippen molar-refractivity contribution >= 4 is 116 Å². The Balaban J connectivity index is 2.15. The summed E-state index contributed by atoms with van der Waals surface area (Å²) in [5, 5.41) is -2.79. The summed E-state index contributed by atoms with van der Waals surface area (Å²) in [7, 11) is 0. The third-order valence-corrected chi connectivity index (χ3v) is 12.3. The predicted molar refractivity (Wildman–Crippen MR) is 180 cm³/mol. The fourth-order valence-electron chi connectivity index (χ4n) is 5.19. The number of hydrogen-bond acceptors (Lipinski definition) is 1. The largest absolute Gasteiger partial charge is 0.351 e. The van der Waals surface area contributed by atoms with Crippen molar-refractivity contribution in [3.05, 3.63) is 137 Å². The molecule has 0 N–H and O–H groups in total. The Bertz CT molecular complexity index is 1370. The quantitative estimate of drug-likeness (QED) is 0.193. The van der Waals surface area contributed by atoms with Gasteiger partial charge in [0.2, 0.25) is 0 Å². The SMILES string of the molecule is C=CC(c1ccccc1)C1(OC2(C(C=C)c3ccccc3)C(Cl)=C(Cl)C(Cl)=C(Cl)C2Cl)C(Cl)=C(Cl)C(Cl)=C(Cl)C1Cl. The van der Waals surface area contributed by atoms with Crippen molar-refractivity contribution < 1.29 is 4.74 Å². The number of rotatable bonds is 8. The van der Waals surface area contributed by atoms with E-state index in [9.17, 15) is 0 Å². The van der Waals surface area contributed by atoms with E-state index in [-0.39, 0.29) is 40.3 Å². The van der Waals surface area contributed by atoms with E-state index in [1.54, 1.807) is 12.2 Å². The van der Waals surface area contributed by atoms with E-state index < -0.39 is 33.8 Å². The number of alkyl halides is 2. The second-order valence-electron chi connectivity index (χ2n) is 9.24. The van der Waals surface area contributed by atoms with Crippen LogP contribution in [0.15, 0.2) is 126 Å². The Morgan fingerprint density at radius 2 is 0.878 bits per heavy atom. The summed E-state index contributed by atoms with van der Waals surface area (Å²) in [6, 6.07) is 18.5. The summed E-state index contributed by atoms with van der Waals surface area (Å²) in [5.74, 6) is -1.56. The molecule has 0 heterocycles. The van der Waals surface area contributed by atoms with E-state index in [2.05, 4.69) is 13.2 Å². The maximum atomic E-state index is 7.24. The van der Waals surface area contributed by atoms with Crippen molar-refractivity contribution in [1.29, 1.82) is 0 Å². The molecule has 0 spiro atoms. The predicted octanol–water partition coefficient (Wildman–Crippen LogP) is 12.4. The van der Waals surface area contributed by atoms with Crippen LogP contribution in [0.4, 0.5) is 0 Å². The average Bonchev–Trinajstić information content (AvgIpc) is 3.00. The molecule has 4 rings (SSSR count). The van der Waals surface area contributed by atoms with E-state index in [0.717, 1.165) is 11.1 Å². The molecule has 11 heteroatoms. The Kier molecular flexibility index (Phi) is 11.0. The first kappa shape index (κ1) is 33.6. The molecule has 41 heavy (non-hydrogen) atoms. The van der Waals surface area contributed by atoms with Crippen LogP contribution in [0.3, 0.4) is 0 Å². The molecule has 6 atom stereocenters. The van der Waals surface area contributed by atoms with Gasteiger partial charge in [-0.3, -0.25) is 0 Å². The molecule has 0 aliphatic heterocycles. The molecule has 216 valence electrons. The van der Waals surface area contributed by atoms with Crippen molar-refractivity contribution in [3.8, 4) is 0 Å². The lowest BCUT2D eigenvalue weighted by atomic mass is 9.72. The van der Waals surface area contributed by atoms with Crippen molar-refractivity contribution in [1.82, 2.24) is 0 Å². The van der Waals surface area contributed by atoms with Gasteiger partial charge in [-0.1, -0.05) is 166 Å². The van der Waals surface area contributed by atoms with Gasteiger partial charge in [0.05, 0.1) is 40.3 Å². The lowest BCUT2D eigenvalue weighted by Crippen LogP contribution is -2.61. The van der Waals surface area contributed by atoms with Crippen LogP contribution in [0.1, 0.15) is 23.0 Å².